The molecule has 33 heavy (non-hydrogen) atoms. The van der Waals surface area contributed by atoms with E-state index in [-0.39, 0.29) is 11.9 Å². The Kier molecular flexibility index (Phi) is 13.3. The van der Waals surface area contributed by atoms with Gasteiger partial charge in [0.05, 0.1) is 13.2 Å². The number of likely N-dealkylation sites (tertiary alicyclic amines) is 2. The quantitative estimate of drug-likeness (QED) is 0.266. The number of piperidine rings is 2. The Balaban J connectivity index is 1.86. The molecule has 2 unspecified atom stereocenters. The third-order valence-electron chi connectivity index (χ3n) is 6.80. The van der Waals surface area contributed by atoms with Crippen LogP contribution < -0.4 is 0 Å². The van der Waals surface area contributed by atoms with Gasteiger partial charge in [-0.15, -0.1) is 0 Å². The highest BCUT2D eigenvalue weighted by atomic mass is 16.6. The number of amides is 2. The van der Waals surface area contributed by atoms with E-state index in [1.807, 2.05) is 6.92 Å². The fourth-order valence-electron chi connectivity index (χ4n) is 4.75. The van der Waals surface area contributed by atoms with Crippen molar-refractivity contribution in [3.8, 4) is 0 Å². The van der Waals surface area contributed by atoms with Gasteiger partial charge in [0.15, 0.2) is 0 Å². The lowest BCUT2D eigenvalue weighted by atomic mass is 9.97. The topological polar surface area (TPSA) is 76.2 Å². The number of esters is 1. The van der Waals surface area contributed by atoms with Crippen molar-refractivity contribution in [3.63, 3.8) is 0 Å². The third kappa shape index (κ3) is 9.17. The predicted molar refractivity (Wildman–Crippen MR) is 129 cm³/mol. The molecule has 0 aromatic heterocycles. The molecule has 2 aliphatic rings. The van der Waals surface area contributed by atoms with Gasteiger partial charge >= 0.3 is 12.1 Å². The second-order valence-electron chi connectivity index (χ2n) is 9.50. The van der Waals surface area contributed by atoms with Gasteiger partial charge in [-0.3, -0.25) is 9.69 Å². The molecule has 2 heterocycles. The molecule has 0 bridgehead atoms. The molecule has 2 fully saturated rings. The molecule has 2 atom stereocenters. The van der Waals surface area contributed by atoms with Crippen LogP contribution in [-0.4, -0.2) is 66.2 Å². The molecule has 0 aliphatic carbocycles. The molecular weight excluding hydrogens is 420 g/mol. The van der Waals surface area contributed by atoms with Gasteiger partial charge in [0.2, 0.25) is 5.91 Å². The molecule has 7 heteroatoms. The van der Waals surface area contributed by atoms with E-state index in [1.165, 1.54) is 32.1 Å². The van der Waals surface area contributed by atoms with Crippen LogP contribution in [0.5, 0.6) is 0 Å². The molecule has 0 aromatic carbocycles. The predicted octanol–water partition coefficient (Wildman–Crippen LogP) is 5.45. The van der Waals surface area contributed by atoms with E-state index in [0.717, 1.165) is 51.4 Å². The minimum absolute atomic E-state index is 0.125. The summed E-state index contributed by atoms with van der Waals surface area (Å²) in [5, 5.41) is 0. The van der Waals surface area contributed by atoms with Crippen molar-refractivity contribution in [1.82, 2.24) is 9.80 Å². The molecule has 0 saturated carbocycles. The minimum atomic E-state index is -0.538. The Hall–Kier alpha value is -1.79. The SMILES string of the molecule is CCCCCCCCCOC(=O)C1CCCCN1C(=O)C1CCCCN1C(=O)OCCCC. The van der Waals surface area contributed by atoms with Crippen LogP contribution in [0.3, 0.4) is 0 Å². The third-order valence-corrected chi connectivity index (χ3v) is 6.80. The molecule has 0 aromatic rings. The maximum absolute atomic E-state index is 13.5. The zero-order valence-corrected chi connectivity index (χ0v) is 21.0. The maximum Gasteiger partial charge on any atom is 0.410 e. The van der Waals surface area contributed by atoms with Crippen LogP contribution in [0.1, 0.15) is 110 Å². The van der Waals surface area contributed by atoms with Crippen molar-refractivity contribution in [2.24, 2.45) is 0 Å². The molecule has 0 spiro atoms. The van der Waals surface area contributed by atoms with Gasteiger partial charge in [-0.05, 0) is 51.4 Å². The minimum Gasteiger partial charge on any atom is -0.464 e. The summed E-state index contributed by atoms with van der Waals surface area (Å²) in [5.41, 5.74) is 0. The average Bonchev–Trinajstić information content (AvgIpc) is 2.85. The average molecular weight is 467 g/mol. The summed E-state index contributed by atoms with van der Waals surface area (Å²) in [7, 11) is 0. The Morgan fingerprint density at radius 1 is 0.667 bits per heavy atom. The highest BCUT2D eigenvalue weighted by Gasteiger charge is 2.41. The smallest absolute Gasteiger partial charge is 0.410 e. The van der Waals surface area contributed by atoms with Crippen molar-refractivity contribution in [2.45, 2.75) is 122 Å². The largest absolute Gasteiger partial charge is 0.464 e. The molecule has 2 rings (SSSR count). The van der Waals surface area contributed by atoms with Crippen molar-refractivity contribution in [3.05, 3.63) is 0 Å². The van der Waals surface area contributed by atoms with Gasteiger partial charge in [-0.25, -0.2) is 9.59 Å². The molecule has 0 N–H and O–H groups in total. The first-order valence-corrected chi connectivity index (χ1v) is 13.5. The van der Waals surface area contributed by atoms with E-state index in [0.29, 0.717) is 39.1 Å². The Bertz CT molecular complexity index is 597. The number of hydrogen-bond donors (Lipinski definition) is 0. The normalized spacial score (nSPS) is 21.0. The first-order chi connectivity index (χ1) is 16.1. The zero-order valence-electron chi connectivity index (χ0n) is 21.0. The Morgan fingerprint density at radius 2 is 1.24 bits per heavy atom. The summed E-state index contributed by atoms with van der Waals surface area (Å²) in [6.45, 7) is 6.14. The van der Waals surface area contributed by atoms with Crippen LogP contribution in [0.2, 0.25) is 0 Å². The van der Waals surface area contributed by atoms with Gasteiger partial charge in [-0.1, -0.05) is 58.8 Å². The van der Waals surface area contributed by atoms with Crippen LogP contribution >= 0.6 is 0 Å². The van der Waals surface area contributed by atoms with Crippen molar-refractivity contribution < 1.29 is 23.9 Å². The van der Waals surface area contributed by atoms with E-state index in [4.69, 9.17) is 9.47 Å². The van der Waals surface area contributed by atoms with Crippen molar-refractivity contribution in [2.75, 3.05) is 26.3 Å². The van der Waals surface area contributed by atoms with E-state index in [2.05, 4.69) is 6.92 Å². The van der Waals surface area contributed by atoms with E-state index in [1.54, 1.807) is 9.80 Å². The number of carbonyl (C=O) groups excluding carboxylic acids is 3. The summed E-state index contributed by atoms with van der Waals surface area (Å²) in [6, 6.07) is -1.07. The standard InChI is InChI=1S/C26H46N2O5/c1-3-5-7-8-9-10-15-21-32-25(30)23-17-12-13-18-27(23)24(29)22-16-11-14-19-28(22)26(31)33-20-6-4-2/h22-23H,3-21H2,1-2H3. The summed E-state index contributed by atoms with van der Waals surface area (Å²) < 4.78 is 11.0. The monoisotopic (exact) mass is 466 g/mol. The lowest BCUT2D eigenvalue weighted by Gasteiger charge is -2.40. The molecule has 0 radical (unpaired) electrons. The molecule has 7 nitrogen and oxygen atoms in total. The van der Waals surface area contributed by atoms with Crippen LogP contribution in [0.4, 0.5) is 4.79 Å². The van der Waals surface area contributed by atoms with Crippen LogP contribution in [0.15, 0.2) is 0 Å². The molecular formula is C26H46N2O5. The zero-order chi connectivity index (χ0) is 23.9. The first-order valence-electron chi connectivity index (χ1n) is 13.5. The Morgan fingerprint density at radius 3 is 1.94 bits per heavy atom. The summed E-state index contributed by atoms with van der Waals surface area (Å²) in [5.74, 6) is -0.415. The molecule has 2 aliphatic heterocycles. The molecule has 2 saturated heterocycles. The van der Waals surface area contributed by atoms with E-state index < -0.39 is 18.2 Å². The second-order valence-corrected chi connectivity index (χ2v) is 9.50. The lowest BCUT2D eigenvalue weighted by molar-refractivity contribution is -0.159. The highest BCUT2D eigenvalue weighted by molar-refractivity contribution is 5.90. The second kappa shape index (κ2) is 15.9. The maximum atomic E-state index is 13.5. The van der Waals surface area contributed by atoms with Crippen molar-refractivity contribution >= 4 is 18.0 Å². The van der Waals surface area contributed by atoms with Crippen LogP contribution in [0.25, 0.3) is 0 Å². The number of ether oxygens (including phenoxy) is 2. The number of hydrogen-bond acceptors (Lipinski definition) is 5. The van der Waals surface area contributed by atoms with Gasteiger partial charge in [0.25, 0.3) is 0 Å². The number of nitrogens with zero attached hydrogens (tertiary/aromatic N) is 2. The lowest BCUT2D eigenvalue weighted by Crippen LogP contribution is -2.58. The van der Waals surface area contributed by atoms with Gasteiger partial charge in [0, 0.05) is 13.1 Å². The summed E-state index contributed by atoms with van der Waals surface area (Å²) in [4.78, 5) is 42.2. The van der Waals surface area contributed by atoms with Crippen LogP contribution in [-0.2, 0) is 19.1 Å². The van der Waals surface area contributed by atoms with Gasteiger partial charge in [-0.2, -0.15) is 0 Å². The summed E-state index contributed by atoms with van der Waals surface area (Å²) in [6.07, 6.45) is 14.3. The first kappa shape index (κ1) is 27.5. The van der Waals surface area contributed by atoms with Crippen LogP contribution in [0, 0.1) is 0 Å². The number of rotatable bonds is 13. The molecule has 190 valence electrons. The fraction of sp³-hybridized carbons (Fsp3) is 0.885. The van der Waals surface area contributed by atoms with Gasteiger partial charge < -0.3 is 14.4 Å². The van der Waals surface area contributed by atoms with E-state index in [9.17, 15) is 14.4 Å². The van der Waals surface area contributed by atoms with Gasteiger partial charge in [0.1, 0.15) is 12.1 Å². The fourth-order valence-corrected chi connectivity index (χ4v) is 4.75. The molecule has 2 amide bonds. The number of carbonyl (C=O) groups is 3. The highest BCUT2D eigenvalue weighted by Crippen LogP contribution is 2.25. The summed E-state index contributed by atoms with van der Waals surface area (Å²) >= 11 is 0. The van der Waals surface area contributed by atoms with Crippen molar-refractivity contribution in [1.29, 1.82) is 0 Å². The Labute approximate surface area is 200 Å². The van der Waals surface area contributed by atoms with E-state index >= 15 is 0 Å². The number of unbranched alkanes of at least 4 members (excludes halogenated alkanes) is 7.